The lowest BCUT2D eigenvalue weighted by atomic mass is 10.0. The van der Waals surface area contributed by atoms with E-state index in [1.54, 1.807) is 6.92 Å². The SMILES string of the molecule is Cc1c(C(=O)O)oc2ccc(-c3ccccc3)cc12. The Labute approximate surface area is 110 Å². The van der Waals surface area contributed by atoms with Gasteiger partial charge in [0.25, 0.3) is 0 Å². The van der Waals surface area contributed by atoms with Gasteiger partial charge in [-0.25, -0.2) is 4.79 Å². The van der Waals surface area contributed by atoms with Crippen LogP contribution in [0, 0.1) is 6.92 Å². The lowest BCUT2D eigenvalue weighted by Gasteiger charge is -2.01. The number of carbonyl (C=O) groups is 1. The van der Waals surface area contributed by atoms with Gasteiger partial charge >= 0.3 is 5.97 Å². The Morgan fingerprint density at radius 2 is 1.79 bits per heavy atom. The molecule has 3 nitrogen and oxygen atoms in total. The van der Waals surface area contributed by atoms with Gasteiger partial charge in [-0.1, -0.05) is 36.4 Å². The van der Waals surface area contributed by atoms with Gasteiger partial charge < -0.3 is 9.52 Å². The molecule has 0 saturated heterocycles. The van der Waals surface area contributed by atoms with Crippen molar-refractivity contribution in [2.24, 2.45) is 0 Å². The van der Waals surface area contributed by atoms with Crippen molar-refractivity contribution in [3.8, 4) is 11.1 Å². The van der Waals surface area contributed by atoms with Gasteiger partial charge in [-0.3, -0.25) is 0 Å². The lowest BCUT2D eigenvalue weighted by molar-refractivity contribution is 0.0664. The number of carboxylic acid groups (broad SMARTS) is 1. The summed E-state index contributed by atoms with van der Waals surface area (Å²) in [5, 5.41) is 9.91. The topological polar surface area (TPSA) is 50.4 Å². The molecule has 1 N–H and O–H groups in total. The molecule has 3 rings (SSSR count). The molecule has 0 bridgehead atoms. The average Bonchev–Trinajstić information content (AvgIpc) is 2.77. The number of hydrogen-bond acceptors (Lipinski definition) is 2. The molecular weight excluding hydrogens is 240 g/mol. The quantitative estimate of drug-likeness (QED) is 0.746. The van der Waals surface area contributed by atoms with E-state index in [1.807, 2.05) is 48.5 Å². The zero-order valence-electron chi connectivity index (χ0n) is 10.4. The second-order valence-corrected chi connectivity index (χ2v) is 4.44. The minimum atomic E-state index is -1.03. The molecule has 0 aliphatic heterocycles. The maximum Gasteiger partial charge on any atom is 0.372 e. The van der Waals surface area contributed by atoms with Gasteiger partial charge in [0, 0.05) is 10.9 Å². The first kappa shape index (κ1) is 11.5. The number of aromatic carboxylic acids is 1. The van der Waals surface area contributed by atoms with Crippen molar-refractivity contribution in [3.05, 3.63) is 59.9 Å². The van der Waals surface area contributed by atoms with E-state index in [-0.39, 0.29) is 5.76 Å². The van der Waals surface area contributed by atoms with Gasteiger partial charge in [0.1, 0.15) is 5.58 Å². The molecule has 1 heterocycles. The van der Waals surface area contributed by atoms with Crippen molar-refractivity contribution in [1.82, 2.24) is 0 Å². The largest absolute Gasteiger partial charge is 0.475 e. The number of rotatable bonds is 2. The molecule has 2 aromatic carbocycles. The van der Waals surface area contributed by atoms with Crippen LogP contribution in [0.25, 0.3) is 22.1 Å². The monoisotopic (exact) mass is 252 g/mol. The predicted octanol–water partition coefficient (Wildman–Crippen LogP) is 4.11. The normalized spacial score (nSPS) is 10.8. The van der Waals surface area contributed by atoms with Crippen LogP contribution in [0.1, 0.15) is 16.1 Å². The molecule has 0 saturated carbocycles. The number of fused-ring (bicyclic) bond motifs is 1. The second-order valence-electron chi connectivity index (χ2n) is 4.44. The van der Waals surface area contributed by atoms with Crippen LogP contribution in [0.2, 0.25) is 0 Å². The van der Waals surface area contributed by atoms with Crippen LogP contribution in [0.15, 0.2) is 52.9 Å². The third kappa shape index (κ3) is 1.89. The van der Waals surface area contributed by atoms with Crippen LogP contribution in [-0.2, 0) is 0 Å². The highest BCUT2D eigenvalue weighted by molar-refractivity contribution is 5.96. The molecule has 19 heavy (non-hydrogen) atoms. The molecule has 0 unspecified atom stereocenters. The van der Waals surface area contributed by atoms with Crippen molar-refractivity contribution in [2.75, 3.05) is 0 Å². The summed E-state index contributed by atoms with van der Waals surface area (Å²) in [5.41, 5.74) is 3.42. The Morgan fingerprint density at radius 3 is 2.47 bits per heavy atom. The van der Waals surface area contributed by atoms with E-state index >= 15 is 0 Å². The average molecular weight is 252 g/mol. The number of benzene rings is 2. The summed E-state index contributed by atoms with van der Waals surface area (Å²) in [5.74, 6) is -1.02. The zero-order chi connectivity index (χ0) is 13.4. The van der Waals surface area contributed by atoms with Crippen LogP contribution >= 0.6 is 0 Å². The zero-order valence-corrected chi connectivity index (χ0v) is 10.4. The minimum Gasteiger partial charge on any atom is -0.475 e. The number of hydrogen-bond donors (Lipinski definition) is 1. The summed E-state index contributed by atoms with van der Waals surface area (Å²) in [6.45, 7) is 1.77. The molecule has 94 valence electrons. The highest BCUT2D eigenvalue weighted by Gasteiger charge is 2.16. The Kier molecular flexibility index (Phi) is 2.60. The molecule has 0 spiro atoms. The molecule has 0 radical (unpaired) electrons. The molecule has 0 aliphatic rings. The fourth-order valence-corrected chi connectivity index (χ4v) is 2.24. The number of carboxylic acids is 1. The van der Waals surface area contributed by atoms with Crippen LogP contribution in [0.3, 0.4) is 0 Å². The standard InChI is InChI=1S/C16H12O3/c1-10-13-9-12(11-5-3-2-4-6-11)7-8-14(13)19-15(10)16(17)18/h2-9H,1H3,(H,17,18). The fourth-order valence-electron chi connectivity index (χ4n) is 2.24. The maximum absolute atomic E-state index is 11.1. The molecule has 0 fully saturated rings. The molecule has 3 heteroatoms. The predicted molar refractivity (Wildman–Crippen MR) is 73.3 cm³/mol. The van der Waals surface area contributed by atoms with Gasteiger partial charge in [0.05, 0.1) is 0 Å². The van der Waals surface area contributed by atoms with E-state index in [0.717, 1.165) is 16.5 Å². The summed E-state index contributed by atoms with van der Waals surface area (Å²) in [6.07, 6.45) is 0. The summed E-state index contributed by atoms with van der Waals surface area (Å²) >= 11 is 0. The molecule has 0 atom stereocenters. The van der Waals surface area contributed by atoms with E-state index in [9.17, 15) is 4.79 Å². The summed E-state index contributed by atoms with van der Waals surface area (Å²) in [7, 11) is 0. The first-order chi connectivity index (χ1) is 9.16. The van der Waals surface area contributed by atoms with Crippen molar-refractivity contribution >= 4 is 16.9 Å². The number of furan rings is 1. The first-order valence-electron chi connectivity index (χ1n) is 5.98. The first-order valence-corrected chi connectivity index (χ1v) is 5.98. The fraction of sp³-hybridized carbons (Fsp3) is 0.0625. The molecule has 0 amide bonds. The van der Waals surface area contributed by atoms with Crippen molar-refractivity contribution in [2.45, 2.75) is 6.92 Å². The highest BCUT2D eigenvalue weighted by atomic mass is 16.4. The molecule has 3 aromatic rings. The Hall–Kier alpha value is -2.55. The smallest absolute Gasteiger partial charge is 0.372 e. The van der Waals surface area contributed by atoms with E-state index < -0.39 is 5.97 Å². The van der Waals surface area contributed by atoms with Gasteiger partial charge in [-0.15, -0.1) is 0 Å². The van der Waals surface area contributed by atoms with Gasteiger partial charge in [-0.05, 0) is 30.2 Å². The Bertz CT molecular complexity index is 754. The third-order valence-corrected chi connectivity index (χ3v) is 3.24. The van der Waals surface area contributed by atoms with E-state index in [2.05, 4.69) is 0 Å². The van der Waals surface area contributed by atoms with Gasteiger partial charge in [-0.2, -0.15) is 0 Å². The summed E-state index contributed by atoms with van der Waals surface area (Å²) < 4.78 is 5.35. The number of aryl methyl sites for hydroxylation is 1. The van der Waals surface area contributed by atoms with Gasteiger partial charge in [0.15, 0.2) is 0 Å². The van der Waals surface area contributed by atoms with E-state index in [0.29, 0.717) is 11.1 Å². The molecule has 1 aromatic heterocycles. The molecule has 0 aliphatic carbocycles. The Balaban J connectivity index is 2.21. The summed E-state index contributed by atoms with van der Waals surface area (Å²) in [6, 6.07) is 15.7. The second kappa shape index (κ2) is 4.28. The summed E-state index contributed by atoms with van der Waals surface area (Å²) in [4.78, 5) is 11.1. The lowest BCUT2D eigenvalue weighted by Crippen LogP contribution is -1.95. The van der Waals surface area contributed by atoms with E-state index in [1.165, 1.54) is 0 Å². The van der Waals surface area contributed by atoms with Crippen LogP contribution < -0.4 is 0 Å². The highest BCUT2D eigenvalue weighted by Crippen LogP contribution is 2.30. The minimum absolute atomic E-state index is 0.0141. The third-order valence-electron chi connectivity index (χ3n) is 3.24. The molecular formula is C16H12O3. The van der Waals surface area contributed by atoms with Crippen LogP contribution in [0.4, 0.5) is 0 Å². The van der Waals surface area contributed by atoms with E-state index in [4.69, 9.17) is 9.52 Å². The van der Waals surface area contributed by atoms with Crippen LogP contribution in [0.5, 0.6) is 0 Å². The van der Waals surface area contributed by atoms with Crippen molar-refractivity contribution in [3.63, 3.8) is 0 Å². The van der Waals surface area contributed by atoms with Crippen LogP contribution in [-0.4, -0.2) is 11.1 Å². The van der Waals surface area contributed by atoms with Crippen molar-refractivity contribution < 1.29 is 14.3 Å². The maximum atomic E-state index is 11.1. The van der Waals surface area contributed by atoms with Gasteiger partial charge in [0.2, 0.25) is 5.76 Å². The Morgan fingerprint density at radius 1 is 1.05 bits per heavy atom. The van der Waals surface area contributed by atoms with Crippen molar-refractivity contribution in [1.29, 1.82) is 0 Å².